The minimum absolute atomic E-state index is 0.250. The Morgan fingerprint density at radius 1 is 1.15 bits per heavy atom. The third-order valence-electron chi connectivity index (χ3n) is 4.31. The summed E-state index contributed by atoms with van der Waals surface area (Å²) in [4.78, 5) is 12.8. The van der Waals surface area contributed by atoms with Crippen LogP contribution in [-0.2, 0) is 0 Å². The lowest BCUT2D eigenvalue weighted by Gasteiger charge is -2.18. The molecule has 3 aromatic heterocycles. The van der Waals surface area contributed by atoms with Gasteiger partial charge in [0, 0.05) is 11.6 Å². The number of nitrogens with zero attached hydrogens (tertiary/aromatic N) is 3. The van der Waals surface area contributed by atoms with Gasteiger partial charge in [0.05, 0.1) is 6.04 Å². The molecule has 3 heterocycles. The zero-order valence-corrected chi connectivity index (χ0v) is 14.7. The van der Waals surface area contributed by atoms with Gasteiger partial charge in [-0.1, -0.05) is 38.1 Å². The van der Waals surface area contributed by atoms with Crippen LogP contribution in [0.1, 0.15) is 42.7 Å². The van der Waals surface area contributed by atoms with Crippen molar-refractivity contribution in [3.05, 3.63) is 66.3 Å². The molecule has 4 aromatic rings. The molecule has 0 spiro atoms. The van der Waals surface area contributed by atoms with Crippen LogP contribution in [0.15, 0.2) is 59.1 Å². The number of pyridine rings is 1. The van der Waals surface area contributed by atoms with E-state index in [2.05, 4.69) is 29.4 Å². The topological polar surface area (TPSA) is 72.4 Å². The zero-order chi connectivity index (χ0) is 18.1. The summed E-state index contributed by atoms with van der Waals surface area (Å²) in [5.41, 5.74) is 1.46. The summed E-state index contributed by atoms with van der Waals surface area (Å²) in [5.74, 6) is 1.15. The van der Waals surface area contributed by atoms with E-state index in [0.717, 1.165) is 23.3 Å². The van der Waals surface area contributed by atoms with Crippen LogP contribution in [0.25, 0.3) is 16.6 Å². The molecule has 0 radical (unpaired) electrons. The van der Waals surface area contributed by atoms with Crippen molar-refractivity contribution in [3.63, 3.8) is 0 Å². The molecule has 0 fully saturated rings. The SMILES string of the molecule is CC(C)CC(NC(=O)c1cc2ccccc2o1)c1nnc2ccccn12. The molecular formula is C20H20N4O2. The maximum absolute atomic E-state index is 12.8. The van der Waals surface area contributed by atoms with E-state index < -0.39 is 0 Å². The van der Waals surface area contributed by atoms with Crippen molar-refractivity contribution in [2.24, 2.45) is 5.92 Å². The third-order valence-corrected chi connectivity index (χ3v) is 4.31. The highest BCUT2D eigenvalue weighted by Crippen LogP contribution is 2.23. The van der Waals surface area contributed by atoms with Crippen LogP contribution in [0.5, 0.6) is 0 Å². The number of hydrogen-bond acceptors (Lipinski definition) is 4. The normalized spacial score (nSPS) is 12.7. The van der Waals surface area contributed by atoms with Crippen molar-refractivity contribution >= 4 is 22.5 Å². The number of carbonyl (C=O) groups excluding carboxylic acids is 1. The highest BCUT2D eigenvalue weighted by molar-refractivity contribution is 5.96. The van der Waals surface area contributed by atoms with Gasteiger partial charge < -0.3 is 9.73 Å². The van der Waals surface area contributed by atoms with Crippen molar-refractivity contribution < 1.29 is 9.21 Å². The molecule has 1 N–H and O–H groups in total. The molecule has 6 nitrogen and oxygen atoms in total. The maximum Gasteiger partial charge on any atom is 0.287 e. The van der Waals surface area contributed by atoms with E-state index in [1.807, 2.05) is 53.1 Å². The Balaban J connectivity index is 1.65. The number of amides is 1. The number of benzene rings is 1. The van der Waals surface area contributed by atoms with Gasteiger partial charge in [0.15, 0.2) is 17.2 Å². The molecule has 1 atom stereocenters. The zero-order valence-electron chi connectivity index (χ0n) is 14.7. The molecular weight excluding hydrogens is 328 g/mol. The Labute approximate surface area is 150 Å². The van der Waals surface area contributed by atoms with Crippen LogP contribution in [0.2, 0.25) is 0 Å². The lowest BCUT2D eigenvalue weighted by Crippen LogP contribution is -2.30. The van der Waals surface area contributed by atoms with Crippen LogP contribution >= 0.6 is 0 Å². The Hall–Kier alpha value is -3.15. The molecule has 1 amide bonds. The first kappa shape index (κ1) is 16.3. The summed E-state index contributed by atoms with van der Waals surface area (Å²) in [7, 11) is 0. The molecule has 6 heteroatoms. The largest absolute Gasteiger partial charge is 0.451 e. The van der Waals surface area contributed by atoms with Crippen molar-refractivity contribution in [2.75, 3.05) is 0 Å². The monoisotopic (exact) mass is 348 g/mol. The first-order valence-electron chi connectivity index (χ1n) is 8.71. The van der Waals surface area contributed by atoms with E-state index in [4.69, 9.17) is 4.42 Å². The number of carbonyl (C=O) groups is 1. The fourth-order valence-corrected chi connectivity index (χ4v) is 3.12. The maximum atomic E-state index is 12.8. The van der Waals surface area contributed by atoms with Crippen LogP contribution in [0.3, 0.4) is 0 Å². The predicted molar refractivity (Wildman–Crippen MR) is 98.9 cm³/mol. The molecule has 4 rings (SSSR count). The second kappa shape index (κ2) is 6.63. The molecule has 0 aliphatic heterocycles. The van der Waals surface area contributed by atoms with Crippen LogP contribution in [0.4, 0.5) is 0 Å². The number of rotatable bonds is 5. The smallest absolute Gasteiger partial charge is 0.287 e. The number of furan rings is 1. The second-order valence-corrected chi connectivity index (χ2v) is 6.79. The summed E-state index contributed by atoms with van der Waals surface area (Å²) in [5, 5.41) is 12.5. The quantitative estimate of drug-likeness (QED) is 0.592. The first-order chi connectivity index (χ1) is 12.6. The Bertz CT molecular complexity index is 1030. The van der Waals surface area contributed by atoms with Gasteiger partial charge in [-0.25, -0.2) is 0 Å². The first-order valence-corrected chi connectivity index (χ1v) is 8.71. The van der Waals surface area contributed by atoms with E-state index in [-0.39, 0.29) is 11.9 Å². The Morgan fingerprint density at radius 3 is 2.77 bits per heavy atom. The van der Waals surface area contributed by atoms with Gasteiger partial charge in [-0.05, 0) is 36.6 Å². The highest BCUT2D eigenvalue weighted by Gasteiger charge is 2.23. The summed E-state index contributed by atoms with van der Waals surface area (Å²) in [6, 6.07) is 14.8. The van der Waals surface area contributed by atoms with Crippen LogP contribution < -0.4 is 5.32 Å². The average Bonchev–Trinajstić information content (AvgIpc) is 3.25. The third kappa shape index (κ3) is 3.06. The summed E-state index contributed by atoms with van der Waals surface area (Å²) in [6.07, 6.45) is 2.66. The number of aromatic nitrogens is 3. The summed E-state index contributed by atoms with van der Waals surface area (Å²) < 4.78 is 7.59. The molecule has 26 heavy (non-hydrogen) atoms. The second-order valence-electron chi connectivity index (χ2n) is 6.79. The predicted octanol–water partition coefficient (Wildman–Crippen LogP) is 3.99. The van der Waals surface area contributed by atoms with E-state index in [0.29, 0.717) is 17.3 Å². The minimum atomic E-state index is -0.256. The fourth-order valence-electron chi connectivity index (χ4n) is 3.12. The van der Waals surface area contributed by atoms with Gasteiger partial charge in [-0.15, -0.1) is 10.2 Å². The van der Waals surface area contributed by atoms with Gasteiger partial charge >= 0.3 is 0 Å². The highest BCUT2D eigenvalue weighted by atomic mass is 16.3. The van der Waals surface area contributed by atoms with E-state index >= 15 is 0 Å². The lowest BCUT2D eigenvalue weighted by molar-refractivity contribution is 0.0903. The molecule has 0 aliphatic carbocycles. The molecule has 132 valence electrons. The molecule has 0 saturated heterocycles. The van der Waals surface area contributed by atoms with Gasteiger partial charge in [0.2, 0.25) is 0 Å². The van der Waals surface area contributed by atoms with Crippen molar-refractivity contribution in [1.29, 1.82) is 0 Å². The van der Waals surface area contributed by atoms with Crippen molar-refractivity contribution in [3.8, 4) is 0 Å². The number of hydrogen-bond donors (Lipinski definition) is 1. The fraction of sp³-hybridized carbons (Fsp3) is 0.250. The average molecular weight is 348 g/mol. The molecule has 0 aliphatic rings. The van der Waals surface area contributed by atoms with Gasteiger partial charge in [0.1, 0.15) is 5.58 Å². The Kier molecular flexibility index (Phi) is 4.16. The van der Waals surface area contributed by atoms with Crippen LogP contribution in [-0.4, -0.2) is 20.5 Å². The van der Waals surface area contributed by atoms with E-state index in [1.54, 1.807) is 6.07 Å². The minimum Gasteiger partial charge on any atom is -0.451 e. The molecule has 1 unspecified atom stereocenters. The molecule has 0 saturated carbocycles. The molecule has 0 bridgehead atoms. The van der Waals surface area contributed by atoms with Gasteiger partial charge in [-0.3, -0.25) is 9.20 Å². The van der Waals surface area contributed by atoms with E-state index in [1.165, 1.54) is 0 Å². The van der Waals surface area contributed by atoms with Gasteiger partial charge in [0.25, 0.3) is 5.91 Å². The van der Waals surface area contributed by atoms with E-state index in [9.17, 15) is 4.79 Å². The van der Waals surface area contributed by atoms with Crippen LogP contribution in [0, 0.1) is 5.92 Å². The standard InChI is InChI=1S/C20H20N4O2/c1-13(2)11-15(19-23-22-18-9-5-6-10-24(18)19)21-20(25)17-12-14-7-3-4-8-16(14)26-17/h3-10,12-13,15H,11H2,1-2H3,(H,21,25). The molecule has 1 aromatic carbocycles. The summed E-state index contributed by atoms with van der Waals surface area (Å²) >= 11 is 0. The van der Waals surface area contributed by atoms with Crippen molar-refractivity contribution in [2.45, 2.75) is 26.3 Å². The Morgan fingerprint density at radius 2 is 1.96 bits per heavy atom. The van der Waals surface area contributed by atoms with Gasteiger partial charge in [-0.2, -0.15) is 0 Å². The number of nitrogens with one attached hydrogen (secondary N) is 1. The number of para-hydroxylation sites is 1. The lowest BCUT2D eigenvalue weighted by atomic mass is 10.0. The number of fused-ring (bicyclic) bond motifs is 2. The van der Waals surface area contributed by atoms with Crippen molar-refractivity contribution in [1.82, 2.24) is 19.9 Å². The summed E-state index contributed by atoms with van der Waals surface area (Å²) in [6.45, 7) is 4.23.